The highest BCUT2D eigenvalue weighted by molar-refractivity contribution is 7.13. The van der Waals surface area contributed by atoms with Crippen molar-refractivity contribution in [3.63, 3.8) is 0 Å². The lowest BCUT2D eigenvalue weighted by Crippen LogP contribution is -1.92. The van der Waals surface area contributed by atoms with E-state index in [1.807, 2.05) is 38.1 Å². The molecule has 0 unspecified atom stereocenters. The van der Waals surface area contributed by atoms with Gasteiger partial charge in [-0.1, -0.05) is 17.7 Å². The summed E-state index contributed by atoms with van der Waals surface area (Å²) in [6, 6.07) is 3.82. The van der Waals surface area contributed by atoms with E-state index in [0.717, 1.165) is 16.9 Å². The van der Waals surface area contributed by atoms with Gasteiger partial charge < -0.3 is 0 Å². The molecule has 0 saturated carbocycles. The van der Waals surface area contributed by atoms with Crippen LogP contribution in [0.4, 0.5) is 0 Å². The summed E-state index contributed by atoms with van der Waals surface area (Å²) >= 11 is 1.55. The first-order valence-electron chi connectivity index (χ1n) is 5.84. The Labute approximate surface area is 112 Å². The summed E-state index contributed by atoms with van der Waals surface area (Å²) in [6.07, 6.45) is 4.75. The fourth-order valence-electron chi connectivity index (χ4n) is 1.53. The van der Waals surface area contributed by atoms with Crippen molar-refractivity contribution in [2.45, 2.75) is 34.1 Å². The maximum atomic E-state index is 10.7. The van der Waals surface area contributed by atoms with Crippen molar-refractivity contribution in [1.82, 2.24) is 0 Å². The lowest BCUT2D eigenvalue weighted by molar-refractivity contribution is -0.113. The minimum absolute atomic E-state index is 0.160. The number of carbonyl (C=O) groups is 2. The standard InChI is InChI=1S/C8H10O.C7H8OS/c1-6-3-4-8(5-6)7(2)9;1-5-3-4-7(9-5)6(2)8/h3-4H,5H2,1-2H3;3-4H,1-2H3. The lowest BCUT2D eigenvalue weighted by Gasteiger charge is -1.93. The minimum atomic E-state index is 0.160. The van der Waals surface area contributed by atoms with Crippen LogP contribution in [-0.2, 0) is 4.79 Å². The molecule has 1 aromatic heterocycles. The predicted molar refractivity (Wildman–Crippen MR) is 76.2 cm³/mol. The maximum Gasteiger partial charge on any atom is 0.169 e. The van der Waals surface area contributed by atoms with Crippen molar-refractivity contribution in [1.29, 1.82) is 0 Å². The first-order valence-corrected chi connectivity index (χ1v) is 6.66. The quantitative estimate of drug-likeness (QED) is 0.752. The highest BCUT2D eigenvalue weighted by Crippen LogP contribution is 2.18. The molecule has 0 atom stereocenters. The van der Waals surface area contributed by atoms with Gasteiger partial charge in [-0.05, 0) is 51.8 Å². The van der Waals surface area contributed by atoms with Crippen LogP contribution >= 0.6 is 11.3 Å². The van der Waals surface area contributed by atoms with Gasteiger partial charge in [0.1, 0.15) is 0 Å². The average molecular weight is 262 g/mol. The normalized spacial score (nSPS) is 13.3. The first kappa shape index (κ1) is 14.6. The van der Waals surface area contributed by atoms with E-state index in [0.29, 0.717) is 0 Å². The number of hydrogen-bond donors (Lipinski definition) is 0. The Morgan fingerprint density at radius 3 is 1.94 bits per heavy atom. The zero-order chi connectivity index (χ0) is 13.7. The topological polar surface area (TPSA) is 34.1 Å². The van der Waals surface area contributed by atoms with Gasteiger partial charge in [0.2, 0.25) is 0 Å². The number of Topliss-reactive ketones (excluding diaryl/α,β-unsaturated/α-hetero) is 2. The molecule has 2 nitrogen and oxygen atoms in total. The van der Waals surface area contributed by atoms with Crippen molar-refractivity contribution < 1.29 is 9.59 Å². The summed E-state index contributed by atoms with van der Waals surface area (Å²) in [6.45, 7) is 7.23. The molecule has 1 aliphatic carbocycles. The second kappa shape index (κ2) is 6.45. The fraction of sp³-hybridized carbons (Fsp3) is 0.333. The van der Waals surface area contributed by atoms with E-state index in [-0.39, 0.29) is 11.6 Å². The van der Waals surface area contributed by atoms with E-state index in [9.17, 15) is 9.59 Å². The van der Waals surface area contributed by atoms with E-state index < -0.39 is 0 Å². The van der Waals surface area contributed by atoms with E-state index in [1.165, 1.54) is 10.5 Å². The van der Waals surface area contributed by atoms with Gasteiger partial charge in [0.05, 0.1) is 4.88 Å². The van der Waals surface area contributed by atoms with Crippen LogP contribution in [0.25, 0.3) is 0 Å². The minimum Gasteiger partial charge on any atom is -0.295 e. The molecule has 0 saturated heterocycles. The molecule has 0 N–H and O–H groups in total. The van der Waals surface area contributed by atoms with Crippen LogP contribution in [-0.4, -0.2) is 11.6 Å². The first-order chi connectivity index (χ1) is 8.40. The summed E-state index contributed by atoms with van der Waals surface area (Å²) in [4.78, 5) is 23.4. The molecular formula is C15H18O2S. The maximum absolute atomic E-state index is 10.7. The second-order valence-electron chi connectivity index (χ2n) is 4.40. The van der Waals surface area contributed by atoms with Crippen LogP contribution in [0.5, 0.6) is 0 Å². The highest BCUT2D eigenvalue weighted by atomic mass is 32.1. The molecule has 18 heavy (non-hydrogen) atoms. The number of thiophene rings is 1. The third kappa shape index (κ3) is 4.41. The molecule has 0 aliphatic heterocycles. The van der Waals surface area contributed by atoms with Crippen molar-refractivity contribution >= 4 is 22.9 Å². The third-order valence-electron chi connectivity index (χ3n) is 2.58. The van der Waals surface area contributed by atoms with Gasteiger partial charge >= 0.3 is 0 Å². The summed E-state index contributed by atoms with van der Waals surface area (Å²) in [5.74, 6) is 0.358. The molecule has 0 spiro atoms. The largest absolute Gasteiger partial charge is 0.295 e. The van der Waals surface area contributed by atoms with Crippen LogP contribution < -0.4 is 0 Å². The van der Waals surface area contributed by atoms with Gasteiger partial charge in [-0.15, -0.1) is 11.3 Å². The zero-order valence-electron chi connectivity index (χ0n) is 11.2. The monoisotopic (exact) mass is 262 g/mol. The number of aryl methyl sites for hydroxylation is 1. The molecule has 1 aromatic rings. The van der Waals surface area contributed by atoms with Crippen LogP contribution in [0.15, 0.2) is 35.4 Å². The number of allylic oxidation sites excluding steroid dienone is 4. The Bertz CT molecular complexity index is 518. The zero-order valence-corrected chi connectivity index (χ0v) is 12.1. The molecule has 0 bridgehead atoms. The van der Waals surface area contributed by atoms with Gasteiger partial charge in [0, 0.05) is 4.88 Å². The summed E-state index contributed by atoms with van der Waals surface area (Å²) in [5, 5.41) is 0. The van der Waals surface area contributed by atoms with E-state index >= 15 is 0 Å². The second-order valence-corrected chi connectivity index (χ2v) is 5.69. The van der Waals surface area contributed by atoms with Gasteiger partial charge in [0.15, 0.2) is 11.6 Å². The summed E-state index contributed by atoms with van der Waals surface area (Å²) in [5.41, 5.74) is 2.22. The van der Waals surface area contributed by atoms with Gasteiger partial charge in [0.25, 0.3) is 0 Å². The molecule has 0 fully saturated rings. The Morgan fingerprint density at radius 2 is 1.72 bits per heavy atom. The van der Waals surface area contributed by atoms with E-state index in [1.54, 1.807) is 25.2 Å². The van der Waals surface area contributed by atoms with Gasteiger partial charge in [-0.25, -0.2) is 0 Å². The molecule has 2 rings (SSSR count). The van der Waals surface area contributed by atoms with Crippen molar-refractivity contribution in [2.75, 3.05) is 0 Å². The van der Waals surface area contributed by atoms with Crippen LogP contribution in [0, 0.1) is 6.92 Å². The van der Waals surface area contributed by atoms with Crippen LogP contribution in [0.2, 0.25) is 0 Å². The Morgan fingerprint density at radius 1 is 1.06 bits per heavy atom. The highest BCUT2D eigenvalue weighted by Gasteiger charge is 2.07. The number of ketones is 2. The molecule has 0 radical (unpaired) electrons. The lowest BCUT2D eigenvalue weighted by atomic mass is 10.1. The molecule has 1 aliphatic rings. The SMILES string of the molecule is CC(=O)C1=CC=C(C)C1.CC(=O)c1ccc(C)s1. The molecule has 1 heterocycles. The number of hydrogen-bond acceptors (Lipinski definition) is 3. The van der Waals surface area contributed by atoms with Crippen LogP contribution in [0.1, 0.15) is 41.7 Å². The molecular weight excluding hydrogens is 244 g/mol. The average Bonchev–Trinajstić information content (AvgIpc) is 2.88. The summed E-state index contributed by atoms with van der Waals surface area (Å²) in [7, 11) is 0. The number of carbonyl (C=O) groups excluding carboxylic acids is 2. The fourth-order valence-corrected chi connectivity index (χ4v) is 2.29. The molecule has 3 heteroatoms. The predicted octanol–water partition coefficient (Wildman–Crippen LogP) is 4.11. The molecule has 0 aromatic carbocycles. The van der Waals surface area contributed by atoms with Crippen molar-refractivity contribution in [3.05, 3.63) is 45.2 Å². The molecule has 0 amide bonds. The Hall–Kier alpha value is -1.48. The van der Waals surface area contributed by atoms with Crippen molar-refractivity contribution in [2.24, 2.45) is 0 Å². The Balaban J connectivity index is 0.000000180. The Kier molecular flexibility index (Phi) is 5.23. The van der Waals surface area contributed by atoms with Crippen LogP contribution in [0.3, 0.4) is 0 Å². The smallest absolute Gasteiger partial charge is 0.169 e. The van der Waals surface area contributed by atoms with Crippen molar-refractivity contribution in [3.8, 4) is 0 Å². The van der Waals surface area contributed by atoms with E-state index in [4.69, 9.17) is 0 Å². The third-order valence-corrected chi connectivity index (χ3v) is 3.68. The molecule has 96 valence electrons. The van der Waals surface area contributed by atoms with Gasteiger partial charge in [-0.3, -0.25) is 9.59 Å². The van der Waals surface area contributed by atoms with E-state index in [2.05, 4.69) is 0 Å². The summed E-state index contributed by atoms with van der Waals surface area (Å²) < 4.78 is 0. The number of rotatable bonds is 2. The van der Waals surface area contributed by atoms with Gasteiger partial charge in [-0.2, -0.15) is 0 Å².